The average Bonchev–Trinajstić information content (AvgIpc) is 3.21. The maximum atomic E-state index is 5.40. The molecule has 0 bridgehead atoms. The van der Waals surface area contributed by atoms with Crippen LogP contribution in [0.1, 0.15) is 106 Å². The Morgan fingerprint density at radius 2 is 1.43 bits per heavy atom. The van der Waals surface area contributed by atoms with Crippen molar-refractivity contribution in [3.63, 3.8) is 0 Å². The molecule has 6 heteroatoms. The van der Waals surface area contributed by atoms with Crippen LogP contribution >= 0.6 is 0 Å². The van der Waals surface area contributed by atoms with Crippen LogP contribution in [0.15, 0.2) is 9.98 Å². The molecule has 202 valence electrons. The van der Waals surface area contributed by atoms with Crippen molar-refractivity contribution < 1.29 is 0 Å². The number of likely N-dealkylation sites (N-methyl/N-ethyl adjacent to an activating group) is 3. The zero-order valence-electron chi connectivity index (χ0n) is 24.6. The molecule has 0 aromatic heterocycles. The molecular formula is C29H56N6. The van der Waals surface area contributed by atoms with E-state index in [9.17, 15) is 0 Å². The molecule has 0 radical (unpaired) electrons. The van der Waals surface area contributed by atoms with Crippen molar-refractivity contribution >= 4 is 11.9 Å². The van der Waals surface area contributed by atoms with Crippen LogP contribution in [0.2, 0.25) is 0 Å². The maximum absolute atomic E-state index is 5.40. The Morgan fingerprint density at radius 1 is 0.771 bits per heavy atom. The summed E-state index contributed by atoms with van der Waals surface area (Å²) in [6.07, 6.45) is 13.1. The molecule has 1 unspecified atom stereocenters. The molecule has 0 spiro atoms. The standard InChI is InChI=1S/C29H56N6/c1-10-11-12-13-14-15-18-35-20-19-32(7)26(35)31-29(5,6)22-23-16-17-24-25(21-23)34(9)27(33(24)8)30-28(2,3)4/h23-25H,10-22H2,1-9H3/t23?,24-,25+/m0/s1. The Kier molecular flexibility index (Phi) is 9.42. The minimum absolute atomic E-state index is 0.0315. The summed E-state index contributed by atoms with van der Waals surface area (Å²) in [5.41, 5.74) is -0.0756. The van der Waals surface area contributed by atoms with Gasteiger partial charge in [0.25, 0.3) is 0 Å². The highest BCUT2D eigenvalue weighted by atomic mass is 15.5. The Morgan fingerprint density at radius 3 is 2.11 bits per heavy atom. The third kappa shape index (κ3) is 7.52. The van der Waals surface area contributed by atoms with Crippen molar-refractivity contribution in [3.8, 4) is 0 Å². The van der Waals surface area contributed by atoms with Crippen molar-refractivity contribution in [2.45, 2.75) is 129 Å². The molecule has 35 heavy (non-hydrogen) atoms. The Hall–Kier alpha value is -1.46. The highest BCUT2D eigenvalue weighted by molar-refractivity contribution is 5.83. The highest BCUT2D eigenvalue weighted by Crippen LogP contribution is 2.39. The molecule has 2 aliphatic heterocycles. The van der Waals surface area contributed by atoms with Gasteiger partial charge < -0.3 is 19.6 Å². The summed E-state index contributed by atoms with van der Waals surface area (Å²) in [7, 11) is 6.73. The molecular weight excluding hydrogens is 432 g/mol. The summed E-state index contributed by atoms with van der Waals surface area (Å²) < 4.78 is 0. The normalized spacial score (nSPS) is 28.1. The number of unbranched alkanes of at least 4 members (excludes halogenated alkanes) is 5. The summed E-state index contributed by atoms with van der Waals surface area (Å²) in [5, 5.41) is 0. The second-order valence-corrected chi connectivity index (χ2v) is 13.2. The molecule has 3 atom stereocenters. The fraction of sp³-hybridized carbons (Fsp3) is 0.931. The van der Waals surface area contributed by atoms with Gasteiger partial charge in [-0.25, -0.2) is 9.98 Å². The van der Waals surface area contributed by atoms with E-state index in [2.05, 4.69) is 82.3 Å². The minimum atomic E-state index is -0.0441. The van der Waals surface area contributed by atoms with Crippen LogP contribution in [0.4, 0.5) is 0 Å². The smallest absolute Gasteiger partial charge is 0.197 e. The zero-order chi connectivity index (χ0) is 25.8. The predicted molar refractivity (Wildman–Crippen MR) is 151 cm³/mol. The van der Waals surface area contributed by atoms with Gasteiger partial charge in [-0.3, -0.25) is 0 Å². The van der Waals surface area contributed by atoms with E-state index >= 15 is 0 Å². The lowest BCUT2D eigenvalue weighted by molar-refractivity contribution is 0.164. The molecule has 2 heterocycles. The Bertz CT molecular complexity index is 736. The number of hydrogen-bond donors (Lipinski definition) is 0. The minimum Gasteiger partial charge on any atom is -0.344 e. The maximum Gasteiger partial charge on any atom is 0.197 e. The van der Waals surface area contributed by atoms with E-state index in [0.717, 1.165) is 25.6 Å². The van der Waals surface area contributed by atoms with Gasteiger partial charge in [0.2, 0.25) is 0 Å². The van der Waals surface area contributed by atoms with Crippen molar-refractivity contribution in [2.75, 3.05) is 40.8 Å². The monoisotopic (exact) mass is 488 g/mol. The Labute approximate surface area is 217 Å². The number of nitrogens with zero attached hydrogens (tertiary/aromatic N) is 6. The molecule has 0 aromatic rings. The fourth-order valence-corrected chi connectivity index (χ4v) is 6.46. The largest absolute Gasteiger partial charge is 0.344 e. The second kappa shape index (κ2) is 11.7. The van der Waals surface area contributed by atoms with Gasteiger partial charge in [-0.2, -0.15) is 0 Å². The van der Waals surface area contributed by atoms with E-state index in [1.54, 1.807) is 0 Å². The summed E-state index contributed by atoms with van der Waals surface area (Å²) in [6.45, 7) is 17.0. The van der Waals surface area contributed by atoms with E-state index in [-0.39, 0.29) is 11.1 Å². The lowest BCUT2D eigenvalue weighted by Gasteiger charge is -2.38. The summed E-state index contributed by atoms with van der Waals surface area (Å²) in [6, 6.07) is 1.17. The van der Waals surface area contributed by atoms with Crippen molar-refractivity contribution in [3.05, 3.63) is 0 Å². The van der Waals surface area contributed by atoms with E-state index in [0.29, 0.717) is 12.1 Å². The first kappa shape index (κ1) is 28.1. The van der Waals surface area contributed by atoms with Crippen LogP contribution < -0.4 is 0 Å². The average molecular weight is 489 g/mol. The topological polar surface area (TPSA) is 37.7 Å². The molecule has 1 saturated carbocycles. The summed E-state index contributed by atoms with van der Waals surface area (Å²) in [4.78, 5) is 20.3. The summed E-state index contributed by atoms with van der Waals surface area (Å²) >= 11 is 0. The first-order chi connectivity index (χ1) is 16.4. The molecule has 3 aliphatic rings. The molecule has 1 aliphatic carbocycles. The van der Waals surface area contributed by atoms with Crippen LogP contribution in [0, 0.1) is 5.92 Å². The number of fused-ring (bicyclic) bond motifs is 1. The number of aliphatic imine (C=N–C) groups is 2. The quantitative estimate of drug-likeness (QED) is 0.370. The molecule has 0 aromatic carbocycles. The first-order valence-electron chi connectivity index (χ1n) is 14.5. The molecule has 3 rings (SSSR count). The van der Waals surface area contributed by atoms with Gasteiger partial charge in [0, 0.05) is 40.8 Å². The lowest BCUT2D eigenvalue weighted by Crippen LogP contribution is -2.42. The van der Waals surface area contributed by atoms with E-state index in [1.165, 1.54) is 76.1 Å². The highest BCUT2D eigenvalue weighted by Gasteiger charge is 2.45. The molecule has 0 N–H and O–H groups in total. The van der Waals surface area contributed by atoms with E-state index in [4.69, 9.17) is 9.98 Å². The molecule has 0 amide bonds. The predicted octanol–water partition coefficient (Wildman–Crippen LogP) is 5.69. The van der Waals surface area contributed by atoms with Gasteiger partial charge in [0.15, 0.2) is 11.9 Å². The van der Waals surface area contributed by atoms with Crippen molar-refractivity contribution in [1.29, 1.82) is 0 Å². The van der Waals surface area contributed by atoms with E-state index < -0.39 is 0 Å². The van der Waals surface area contributed by atoms with Crippen LogP contribution in [-0.4, -0.2) is 95.5 Å². The first-order valence-corrected chi connectivity index (χ1v) is 14.5. The molecule has 6 nitrogen and oxygen atoms in total. The third-order valence-corrected chi connectivity index (χ3v) is 8.25. The molecule has 3 fully saturated rings. The number of guanidine groups is 2. The van der Waals surface area contributed by atoms with Crippen LogP contribution in [0.3, 0.4) is 0 Å². The van der Waals surface area contributed by atoms with Crippen molar-refractivity contribution in [2.24, 2.45) is 15.9 Å². The molecule has 2 saturated heterocycles. The Balaban J connectivity index is 1.59. The van der Waals surface area contributed by atoms with Gasteiger partial charge >= 0.3 is 0 Å². The van der Waals surface area contributed by atoms with Crippen LogP contribution in [-0.2, 0) is 0 Å². The van der Waals surface area contributed by atoms with Gasteiger partial charge in [-0.05, 0) is 72.6 Å². The van der Waals surface area contributed by atoms with Gasteiger partial charge in [0.1, 0.15) is 0 Å². The van der Waals surface area contributed by atoms with Crippen molar-refractivity contribution in [1.82, 2.24) is 19.6 Å². The zero-order valence-corrected chi connectivity index (χ0v) is 24.6. The van der Waals surface area contributed by atoms with Gasteiger partial charge in [-0.1, -0.05) is 39.0 Å². The number of hydrogen-bond acceptors (Lipinski definition) is 2. The summed E-state index contributed by atoms with van der Waals surface area (Å²) in [5.74, 6) is 3.12. The third-order valence-electron chi connectivity index (χ3n) is 8.25. The SMILES string of the molecule is CCCCCCCCN1CCN(C)C1=NC(C)(C)CC1CC[C@H]2[C@@H](C1)N(C)C(=NC(C)(C)C)N2C. The van der Waals surface area contributed by atoms with Gasteiger partial charge in [-0.15, -0.1) is 0 Å². The fourth-order valence-electron chi connectivity index (χ4n) is 6.46. The van der Waals surface area contributed by atoms with E-state index in [1.807, 2.05) is 0 Å². The van der Waals surface area contributed by atoms with Crippen LogP contribution in [0.5, 0.6) is 0 Å². The number of rotatable bonds is 10. The van der Waals surface area contributed by atoms with Crippen LogP contribution in [0.25, 0.3) is 0 Å². The second-order valence-electron chi connectivity index (χ2n) is 13.2. The van der Waals surface area contributed by atoms with Gasteiger partial charge in [0.05, 0.1) is 23.2 Å². The lowest BCUT2D eigenvalue weighted by atomic mass is 9.77.